The van der Waals surface area contributed by atoms with Gasteiger partial charge >= 0.3 is 0 Å². The van der Waals surface area contributed by atoms with Crippen molar-refractivity contribution in [2.45, 2.75) is 13.8 Å². The molecule has 136 valence electrons. The fraction of sp³-hybridized carbons (Fsp3) is 0.278. The van der Waals surface area contributed by atoms with E-state index in [-0.39, 0.29) is 0 Å². The molecule has 1 aromatic carbocycles. The summed E-state index contributed by atoms with van der Waals surface area (Å²) < 4.78 is 21.1. The number of methoxy groups -OCH3 is 3. The Kier molecular flexibility index (Phi) is 7.92. The fourth-order valence-corrected chi connectivity index (χ4v) is 2.21. The highest BCUT2D eigenvalue weighted by atomic mass is 16.5. The summed E-state index contributed by atoms with van der Waals surface area (Å²) in [7, 11) is 4.64. The second-order valence-electron chi connectivity index (χ2n) is 4.47. The van der Waals surface area contributed by atoms with Crippen molar-refractivity contribution in [1.29, 1.82) is 0 Å². The topological polar surface area (TPSA) is 106 Å². The molecule has 25 heavy (non-hydrogen) atoms. The summed E-state index contributed by atoms with van der Waals surface area (Å²) in [5.41, 5.74) is 13.8. The van der Waals surface area contributed by atoms with Gasteiger partial charge in [0.25, 0.3) is 0 Å². The molecule has 0 amide bonds. The molecule has 0 aliphatic heterocycles. The van der Waals surface area contributed by atoms with Crippen LogP contribution in [-0.4, -0.2) is 26.5 Å². The quantitative estimate of drug-likeness (QED) is 0.773. The third-order valence-electron chi connectivity index (χ3n) is 3.27. The van der Waals surface area contributed by atoms with Crippen molar-refractivity contribution in [1.82, 2.24) is 5.16 Å². The minimum atomic E-state index is 0.500. The predicted molar refractivity (Wildman–Crippen MR) is 98.4 cm³/mol. The van der Waals surface area contributed by atoms with Gasteiger partial charge in [0.1, 0.15) is 12.0 Å². The van der Waals surface area contributed by atoms with Crippen LogP contribution >= 0.6 is 0 Å². The molecule has 2 aromatic rings. The van der Waals surface area contributed by atoms with Crippen molar-refractivity contribution < 1.29 is 18.7 Å². The van der Waals surface area contributed by atoms with E-state index in [2.05, 4.69) is 5.16 Å². The van der Waals surface area contributed by atoms with Crippen LogP contribution in [0, 0.1) is 0 Å². The second kappa shape index (κ2) is 9.92. The molecule has 0 aliphatic carbocycles. The first kappa shape index (κ1) is 20.0. The van der Waals surface area contributed by atoms with E-state index in [4.69, 9.17) is 30.2 Å². The summed E-state index contributed by atoms with van der Waals surface area (Å²) >= 11 is 0. The van der Waals surface area contributed by atoms with Crippen LogP contribution in [0.25, 0.3) is 16.8 Å². The number of nitrogens with zero attached hydrogens (tertiary/aromatic N) is 1. The van der Waals surface area contributed by atoms with Crippen LogP contribution in [-0.2, 0) is 0 Å². The largest absolute Gasteiger partial charge is 0.493 e. The number of aromatic nitrogens is 1. The van der Waals surface area contributed by atoms with Gasteiger partial charge in [-0.3, -0.25) is 0 Å². The van der Waals surface area contributed by atoms with Crippen molar-refractivity contribution in [3.8, 4) is 28.5 Å². The molecule has 1 aromatic heterocycles. The molecule has 0 saturated heterocycles. The third kappa shape index (κ3) is 4.26. The maximum atomic E-state index is 5.65. The van der Waals surface area contributed by atoms with Gasteiger partial charge in [0.15, 0.2) is 11.5 Å². The van der Waals surface area contributed by atoms with Gasteiger partial charge in [-0.2, -0.15) is 0 Å². The van der Waals surface area contributed by atoms with Crippen molar-refractivity contribution in [3.05, 3.63) is 42.4 Å². The van der Waals surface area contributed by atoms with Gasteiger partial charge in [0.05, 0.1) is 26.9 Å². The van der Waals surface area contributed by atoms with Crippen molar-refractivity contribution >= 4 is 5.57 Å². The zero-order valence-electron chi connectivity index (χ0n) is 15.2. The average molecular weight is 347 g/mol. The molecule has 0 atom stereocenters. The predicted octanol–water partition coefficient (Wildman–Crippen LogP) is 3.17. The molecule has 4 N–H and O–H groups in total. The van der Waals surface area contributed by atoms with Gasteiger partial charge in [-0.1, -0.05) is 19.0 Å². The Balaban J connectivity index is 0.00000151. The maximum absolute atomic E-state index is 5.65. The Morgan fingerprint density at radius 3 is 2.08 bits per heavy atom. The van der Waals surface area contributed by atoms with Gasteiger partial charge in [-0.05, 0) is 24.4 Å². The lowest BCUT2D eigenvalue weighted by atomic mass is 10.0. The average Bonchev–Trinajstić information content (AvgIpc) is 3.15. The Labute approximate surface area is 147 Å². The third-order valence-corrected chi connectivity index (χ3v) is 3.27. The molecule has 2 rings (SSSR count). The van der Waals surface area contributed by atoms with Gasteiger partial charge in [-0.15, -0.1) is 0 Å². The number of hydrogen-bond donors (Lipinski definition) is 2. The van der Waals surface area contributed by atoms with Gasteiger partial charge in [0, 0.05) is 17.3 Å². The van der Waals surface area contributed by atoms with E-state index in [0.29, 0.717) is 34.1 Å². The summed E-state index contributed by atoms with van der Waals surface area (Å²) in [6.07, 6.45) is 5.98. The molecule has 7 nitrogen and oxygen atoms in total. The highest BCUT2D eigenvalue weighted by molar-refractivity contribution is 5.84. The SMILES string of the molecule is CC.COc1cc(-c2nocc2C(/C=C\N)=C/N)cc(OC)c1OC. The van der Waals surface area contributed by atoms with Crippen LogP contribution in [0.5, 0.6) is 17.2 Å². The Hall–Kier alpha value is -3.09. The number of benzene rings is 1. The number of rotatable bonds is 6. The molecule has 0 radical (unpaired) electrons. The summed E-state index contributed by atoms with van der Waals surface area (Å²) in [6.45, 7) is 4.00. The molecule has 0 fully saturated rings. The van der Waals surface area contributed by atoms with Crippen molar-refractivity contribution in [2.24, 2.45) is 11.5 Å². The molecule has 0 unspecified atom stereocenters. The minimum absolute atomic E-state index is 0.500. The van der Waals surface area contributed by atoms with Crippen LogP contribution in [0.1, 0.15) is 19.4 Å². The van der Waals surface area contributed by atoms with Crippen molar-refractivity contribution in [2.75, 3.05) is 21.3 Å². The van der Waals surface area contributed by atoms with Crippen LogP contribution in [0.4, 0.5) is 0 Å². The van der Waals surface area contributed by atoms with Crippen LogP contribution in [0.15, 0.2) is 41.4 Å². The van der Waals surface area contributed by atoms with Crippen LogP contribution in [0.3, 0.4) is 0 Å². The standard InChI is InChI=1S/C16H19N3O4.C2H6/c1-20-13-6-11(7-14(21-2)16(13)22-3)15-12(9-23-19-15)10(8-18)4-5-17;1-2/h4-9H,17-18H2,1-3H3;1-2H3/b5-4-,10-8+;. The number of ether oxygens (including phenoxy) is 3. The smallest absolute Gasteiger partial charge is 0.203 e. The Bertz CT molecular complexity index is 711. The normalized spacial score (nSPS) is 11.0. The summed E-state index contributed by atoms with van der Waals surface area (Å²) in [5.74, 6) is 1.53. The highest BCUT2D eigenvalue weighted by Gasteiger charge is 2.19. The van der Waals surface area contributed by atoms with E-state index >= 15 is 0 Å². The second-order valence-corrected chi connectivity index (χ2v) is 4.47. The summed E-state index contributed by atoms with van der Waals surface area (Å²) in [5, 5.41) is 4.05. The lowest BCUT2D eigenvalue weighted by molar-refractivity contribution is 0.324. The Morgan fingerprint density at radius 1 is 1.04 bits per heavy atom. The Morgan fingerprint density at radius 2 is 1.64 bits per heavy atom. The molecule has 0 aliphatic rings. The molecular weight excluding hydrogens is 322 g/mol. The zero-order chi connectivity index (χ0) is 18.8. The first-order chi connectivity index (χ1) is 12.2. The molecule has 1 heterocycles. The lowest BCUT2D eigenvalue weighted by Gasteiger charge is -2.13. The fourth-order valence-electron chi connectivity index (χ4n) is 2.21. The van der Waals surface area contributed by atoms with Crippen LogP contribution < -0.4 is 25.7 Å². The number of hydrogen-bond acceptors (Lipinski definition) is 7. The molecule has 0 saturated carbocycles. The maximum Gasteiger partial charge on any atom is 0.203 e. The number of allylic oxidation sites excluding steroid dienone is 2. The summed E-state index contributed by atoms with van der Waals surface area (Å²) in [4.78, 5) is 0. The van der Waals surface area contributed by atoms with E-state index in [1.165, 1.54) is 18.7 Å². The summed E-state index contributed by atoms with van der Waals surface area (Å²) in [6, 6.07) is 3.56. The van der Waals surface area contributed by atoms with E-state index < -0.39 is 0 Å². The highest BCUT2D eigenvalue weighted by Crippen LogP contribution is 2.42. The van der Waals surface area contributed by atoms with Gasteiger partial charge in [-0.25, -0.2) is 0 Å². The molecule has 0 bridgehead atoms. The van der Waals surface area contributed by atoms with Gasteiger partial charge < -0.3 is 30.2 Å². The minimum Gasteiger partial charge on any atom is -0.493 e. The first-order valence-corrected chi connectivity index (χ1v) is 7.75. The number of nitrogens with two attached hydrogens (primary N) is 2. The molecular formula is C18H25N3O4. The molecule has 0 spiro atoms. The van der Waals surface area contributed by atoms with E-state index in [1.54, 1.807) is 39.5 Å². The van der Waals surface area contributed by atoms with Crippen molar-refractivity contribution in [3.63, 3.8) is 0 Å². The van der Waals surface area contributed by atoms with Crippen LogP contribution in [0.2, 0.25) is 0 Å². The molecule has 7 heteroatoms. The van der Waals surface area contributed by atoms with Gasteiger partial charge in [0.2, 0.25) is 5.75 Å². The van der Waals surface area contributed by atoms with E-state index in [0.717, 1.165) is 5.56 Å². The van der Waals surface area contributed by atoms with E-state index in [1.807, 2.05) is 13.8 Å². The lowest BCUT2D eigenvalue weighted by Crippen LogP contribution is -1.97. The first-order valence-electron chi connectivity index (χ1n) is 7.75. The zero-order valence-corrected chi connectivity index (χ0v) is 15.2. The van der Waals surface area contributed by atoms with E-state index in [9.17, 15) is 0 Å². The monoisotopic (exact) mass is 347 g/mol.